The summed E-state index contributed by atoms with van der Waals surface area (Å²) in [5, 5.41) is 8.74. The number of halogens is 2. The van der Waals surface area contributed by atoms with Crippen LogP contribution in [0.3, 0.4) is 0 Å². The van der Waals surface area contributed by atoms with E-state index in [1.54, 1.807) is 6.92 Å². The summed E-state index contributed by atoms with van der Waals surface area (Å²) < 4.78 is 17.8. The first-order chi connectivity index (χ1) is 7.06. The lowest BCUT2D eigenvalue weighted by molar-refractivity contribution is -0.150. The van der Waals surface area contributed by atoms with Crippen molar-refractivity contribution in [3.63, 3.8) is 0 Å². The van der Waals surface area contributed by atoms with Gasteiger partial charge in [-0.3, -0.25) is 0 Å². The minimum atomic E-state index is -1.13. The van der Waals surface area contributed by atoms with Gasteiger partial charge in [-0.25, -0.2) is 9.18 Å². The molecule has 1 aromatic rings. The molecule has 0 amide bonds. The zero-order valence-corrected chi connectivity index (χ0v) is 8.79. The van der Waals surface area contributed by atoms with Crippen LogP contribution < -0.4 is 0 Å². The van der Waals surface area contributed by atoms with E-state index < -0.39 is 17.9 Å². The van der Waals surface area contributed by atoms with Gasteiger partial charge in [-0.05, 0) is 24.6 Å². The molecule has 0 spiro atoms. The van der Waals surface area contributed by atoms with Gasteiger partial charge in [-0.2, -0.15) is 0 Å². The van der Waals surface area contributed by atoms with E-state index in [1.165, 1.54) is 12.1 Å². The molecule has 0 aliphatic heterocycles. The second kappa shape index (κ2) is 5.09. The molecule has 0 aliphatic rings. The fraction of sp³-hybridized carbons (Fsp3) is 0.300. The summed E-state index contributed by atoms with van der Waals surface area (Å²) in [6, 6.07) is 3.72. The van der Waals surface area contributed by atoms with Gasteiger partial charge in [0.25, 0.3) is 0 Å². The molecule has 3 nitrogen and oxygen atoms in total. The fourth-order valence-corrected chi connectivity index (χ4v) is 1.34. The quantitative estimate of drug-likeness (QED) is 0.868. The molecule has 1 N–H and O–H groups in total. The van der Waals surface area contributed by atoms with Gasteiger partial charge in [0.1, 0.15) is 5.82 Å². The van der Waals surface area contributed by atoms with Crippen LogP contribution in [-0.2, 0) is 9.53 Å². The van der Waals surface area contributed by atoms with Gasteiger partial charge < -0.3 is 9.84 Å². The molecule has 0 saturated heterocycles. The van der Waals surface area contributed by atoms with Gasteiger partial charge in [-0.15, -0.1) is 0 Å². The van der Waals surface area contributed by atoms with E-state index in [0.29, 0.717) is 5.56 Å². The fourth-order valence-electron chi connectivity index (χ4n) is 1.15. The third-order valence-electron chi connectivity index (χ3n) is 1.80. The Bertz CT molecular complexity index is 368. The maximum Gasteiger partial charge on any atom is 0.337 e. The Balaban J connectivity index is 3.01. The highest BCUT2D eigenvalue weighted by Gasteiger charge is 2.20. The Kier molecular flexibility index (Phi) is 4.05. The average Bonchev–Trinajstić information content (AvgIpc) is 2.18. The standard InChI is InChI=1S/C10H10ClFO3/c1-2-15-9(10(13)14)6-3-4-8(12)7(11)5-6/h3-5,9H,2H2,1H3,(H,13,14). The van der Waals surface area contributed by atoms with Crippen molar-refractivity contribution in [3.05, 3.63) is 34.6 Å². The van der Waals surface area contributed by atoms with E-state index in [-0.39, 0.29) is 11.6 Å². The number of benzene rings is 1. The number of rotatable bonds is 4. The molecule has 0 bridgehead atoms. The number of carboxylic acids is 1. The molecule has 1 atom stereocenters. The molecule has 15 heavy (non-hydrogen) atoms. The highest BCUT2D eigenvalue weighted by Crippen LogP contribution is 2.23. The maximum atomic E-state index is 12.8. The molecular formula is C10H10ClFO3. The minimum Gasteiger partial charge on any atom is -0.479 e. The summed E-state index contributed by atoms with van der Waals surface area (Å²) in [6.45, 7) is 1.94. The minimum absolute atomic E-state index is 0.113. The van der Waals surface area contributed by atoms with Crippen molar-refractivity contribution in [2.24, 2.45) is 0 Å². The van der Waals surface area contributed by atoms with Crippen molar-refractivity contribution in [1.82, 2.24) is 0 Å². The Hall–Kier alpha value is -1.13. The predicted octanol–water partition coefficient (Wildman–Crippen LogP) is 2.64. The zero-order chi connectivity index (χ0) is 11.4. The molecule has 1 rings (SSSR count). The molecule has 0 saturated carbocycles. The molecule has 5 heteroatoms. The second-order valence-electron chi connectivity index (χ2n) is 2.85. The second-order valence-corrected chi connectivity index (χ2v) is 3.25. The molecule has 0 aliphatic carbocycles. The zero-order valence-electron chi connectivity index (χ0n) is 8.04. The van der Waals surface area contributed by atoms with Gasteiger partial charge in [0, 0.05) is 6.61 Å². The van der Waals surface area contributed by atoms with Crippen LogP contribution in [0.2, 0.25) is 5.02 Å². The number of carboxylic acid groups (broad SMARTS) is 1. The van der Waals surface area contributed by atoms with Crippen LogP contribution in [0, 0.1) is 5.82 Å². The number of carbonyl (C=O) groups is 1. The Morgan fingerprint density at radius 3 is 2.80 bits per heavy atom. The summed E-state index contributed by atoms with van der Waals surface area (Å²) in [4.78, 5) is 10.8. The maximum absolute atomic E-state index is 12.8. The lowest BCUT2D eigenvalue weighted by Crippen LogP contribution is -2.15. The number of hydrogen-bond donors (Lipinski definition) is 1. The summed E-state index contributed by atoms with van der Waals surface area (Å²) in [6.07, 6.45) is -1.10. The summed E-state index contributed by atoms with van der Waals surface area (Å²) in [7, 11) is 0. The van der Waals surface area contributed by atoms with E-state index in [9.17, 15) is 9.18 Å². The monoisotopic (exact) mass is 232 g/mol. The third-order valence-corrected chi connectivity index (χ3v) is 2.09. The van der Waals surface area contributed by atoms with Crippen molar-refractivity contribution in [3.8, 4) is 0 Å². The van der Waals surface area contributed by atoms with Gasteiger partial charge in [0.15, 0.2) is 6.10 Å². The molecule has 82 valence electrons. The van der Waals surface area contributed by atoms with E-state index in [4.69, 9.17) is 21.4 Å². The Morgan fingerprint density at radius 1 is 1.67 bits per heavy atom. The number of hydrogen-bond acceptors (Lipinski definition) is 2. The van der Waals surface area contributed by atoms with Gasteiger partial charge in [-0.1, -0.05) is 17.7 Å². The van der Waals surface area contributed by atoms with Crippen molar-refractivity contribution in [2.45, 2.75) is 13.0 Å². The molecule has 0 aromatic heterocycles. The molecule has 1 unspecified atom stereocenters. The van der Waals surface area contributed by atoms with E-state index in [0.717, 1.165) is 6.07 Å². The van der Waals surface area contributed by atoms with E-state index in [2.05, 4.69) is 0 Å². The normalized spacial score (nSPS) is 12.5. The van der Waals surface area contributed by atoms with E-state index in [1.807, 2.05) is 0 Å². The van der Waals surface area contributed by atoms with E-state index >= 15 is 0 Å². The van der Waals surface area contributed by atoms with Crippen LogP contribution in [0.5, 0.6) is 0 Å². The Morgan fingerprint density at radius 2 is 2.33 bits per heavy atom. The average molecular weight is 233 g/mol. The lowest BCUT2D eigenvalue weighted by atomic mass is 10.1. The van der Waals surface area contributed by atoms with Crippen LogP contribution >= 0.6 is 11.6 Å². The topological polar surface area (TPSA) is 46.5 Å². The van der Waals surface area contributed by atoms with Crippen molar-refractivity contribution >= 4 is 17.6 Å². The van der Waals surface area contributed by atoms with Gasteiger partial charge in [0.05, 0.1) is 5.02 Å². The number of aliphatic carboxylic acids is 1. The van der Waals surface area contributed by atoms with Crippen LogP contribution in [0.15, 0.2) is 18.2 Å². The Labute approximate surface area is 91.4 Å². The molecule has 0 heterocycles. The van der Waals surface area contributed by atoms with Crippen LogP contribution in [0.4, 0.5) is 4.39 Å². The van der Waals surface area contributed by atoms with Crippen molar-refractivity contribution in [2.75, 3.05) is 6.61 Å². The molecule has 0 radical (unpaired) electrons. The smallest absolute Gasteiger partial charge is 0.337 e. The third kappa shape index (κ3) is 2.91. The molecule has 1 aromatic carbocycles. The highest BCUT2D eigenvalue weighted by atomic mass is 35.5. The largest absolute Gasteiger partial charge is 0.479 e. The molecular weight excluding hydrogens is 223 g/mol. The first-order valence-electron chi connectivity index (χ1n) is 4.35. The predicted molar refractivity (Wildman–Crippen MR) is 53.4 cm³/mol. The van der Waals surface area contributed by atoms with Gasteiger partial charge in [0.2, 0.25) is 0 Å². The molecule has 0 fully saturated rings. The lowest BCUT2D eigenvalue weighted by Gasteiger charge is -2.12. The van der Waals surface area contributed by atoms with Crippen LogP contribution in [0.25, 0.3) is 0 Å². The SMILES string of the molecule is CCOC(C(=O)O)c1ccc(F)c(Cl)c1. The van der Waals surface area contributed by atoms with Crippen LogP contribution in [-0.4, -0.2) is 17.7 Å². The number of ether oxygens (including phenoxy) is 1. The first-order valence-corrected chi connectivity index (χ1v) is 4.73. The summed E-state index contributed by atoms with van der Waals surface area (Å²) in [5.41, 5.74) is 0.329. The van der Waals surface area contributed by atoms with Crippen molar-refractivity contribution < 1.29 is 19.0 Å². The summed E-state index contributed by atoms with van der Waals surface area (Å²) >= 11 is 5.54. The van der Waals surface area contributed by atoms with Crippen molar-refractivity contribution in [1.29, 1.82) is 0 Å². The van der Waals surface area contributed by atoms with Gasteiger partial charge >= 0.3 is 5.97 Å². The highest BCUT2D eigenvalue weighted by molar-refractivity contribution is 6.30. The first kappa shape index (κ1) is 11.9. The van der Waals surface area contributed by atoms with Crippen LogP contribution in [0.1, 0.15) is 18.6 Å². The summed E-state index contributed by atoms with van der Waals surface area (Å²) in [5.74, 6) is -1.71.